The molecule has 1 saturated carbocycles. The Hall–Kier alpha value is -2.88. The van der Waals surface area contributed by atoms with Gasteiger partial charge >= 0.3 is 0 Å². The predicted molar refractivity (Wildman–Crippen MR) is 101 cm³/mol. The smallest absolute Gasteiger partial charge is 0.236 e. The molecule has 2 aliphatic rings. The average Bonchev–Trinajstić information content (AvgIpc) is 3.43. The second-order valence-corrected chi connectivity index (χ2v) is 7.62. The molecule has 1 aliphatic heterocycles. The van der Waals surface area contributed by atoms with E-state index in [-0.39, 0.29) is 30.2 Å². The van der Waals surface area contributed by atoms with Gasteiger partial charge in [0.2, 0.25) is 11.8 Å². The minimum atomic E-state index is -0.107. The highest BCUT2D eigenvalue weighted by Crippen LogP contribution is 2.33. The normalized spacial score (nSPS) is 22.4. The summed E-state index contributed by atoms with van der Waals surface area (Å²) in [5, 5.41) is 12.7. The lowest BCUT2D eigenvalue weighted by atomic mass is 9.93. The van der Waals surface area contributed by atoms with Gasteiger partial charge in [-0.2, -0.15) is 5.26 Å². The van der Waals surface area contributed by atoms with Crippen LogP contribution in [-0.2, 0) is 9.59 Å². The Labute approximate surface area is 158 Å². The molecular weight excluding hydrogens is 342 g/mol. The number of aromatic nitrogens is 2. The fraction of sp³-hybridized carbons (Fsp3) is 0.500. The Kier molecular flexibility index (Phi) is 4.56. The second kappa shape index (κ2) is 7.03. The number of pyridine rings is 1. The summed E-state index contributed by atoms with van der Waals surface area (Å²) in [7, 11) is 0. The number of hydrogen-bond donors (Lipinski definition) is 1. The first-order chi connectivity index (χ1) is 13.1. The van der Waals surface area contributed by atoms with Crippen molar-refractivity contribution in [2.75, 3.05) is 18.4 Å². The van der Waals surface area contributed by atoms with Gasteiger partial charge in [0, 0.05) is 42.9 Å². The molecule has 7 nitrogen and oxygen atoms in total. The van der Waals surface area contributed by atoms with Gasteiger partial charge in [-0.15, -0.1) is 0 Å². The van der Waals surface area contributed by atoms with Crippen molar-refractivity contribution < 1.29 is 9.59 Å². The molecule has 27 heavy (non-hydrogen) atoms. The Balaban J connectivity index is 1.60. The monoisotopic (exact) mass is 365 g/mol. The van der Waals surface area contributed by atoms with Crippen molar-refractivity contribution in [3.05, 3.63) is 24.5 Å². The number of carbonyl (C=O) groups is 2. The summed E-state index contributed by atoms with van der Waals surface area (Å²) in [6, 6.07) is 6.01. The molecule has 2 unspecified atom stereocenters. The Morgan fingerprint density at radius 1 is 1.37 bits per heavy atom. The Morgan fingerprint density at radius 2 is 2.19 bits per heavy atom. The van der Waals surface area contributed by atoms with Crippen molar-refractivity contribution in [2.45, 2.75) is 38.6 Å². The second-order valence-electron chi connectivity index (χ2n) is 7.62. The summed E-state index contributed by atoms with van der Waals surface area (Å²) in [6.07, 6.45) is 6.54. The molecule has 0 bridgehead atoms. The summed E-state index contributed by atoms with van der Waals surface area (Å²) in [4.78, 5) is 30.3. The fourth-order valence-corrected chi connectivity index (χ4v) is 3.80. The van der Waals surface area contributed by atoms with E-state index in [1.807, 2.05) is 24.4 Å². The molecule has 140 valence electrons. The standard InChI is InChI=1S/C20H23N5O2/c1-13-5-8-24(19(26)4-7-21)12-17(13)25-9-6-15-11-22-18(10-16(15)25)23-20(27)14-2-3-14/h6,9-11,13-14,17H,2-5,8,12H2,1H3,(H,22,23,27). The summed E-state index contributed by atoms with van der Waals surface area (Å²) in [6.45, 7) is 3.48. The first-order valence-corrected chi connectivity index (χ1v) is 9.49. The third kappa shape index (κ3) is 3.52. The summed E-state index contributed by atoms with van der Waals surface area (Å²) in [5.74, 6) is 1.04. The van der Waals surface area contributed by atoms with Crippen LogP contribution >= 0.6 is 0 Å². The zero-order valence-corrected chi connectivity index (χ0v) is 15.4. The van der Waals surface area contributed by atoms with Crippen molar-refractivity contribution in [1.82, 2.24) is 14.5 Å². The number of fused-ring (bicyclic) bond motifs is 1. The van der Waals surface area contributed by atoms with Crippen LogP contribution < -0.4 is 5.32 Å². The van der Waals surface area contributed by atoms with Crippen LogP contribution in [0.15, 0.2) is 24.5 Å². The molecule has 0 aromatic carbocycles. The molecule has 2 amide bonds. The van der Waals surface area contributed by atoms with E-state index in [1.54, 1.807) is 11.1 Å². The Bertz CT molecular complexity index is 924. The topological polar surface area (TPSA) is 91.0 Å². The van der Waals surface area contributed by atoms with Crippen LogP contribution in [0.25, 0.3) is 10.9 Å². The molecule has 2 aromatic rings. The van der Waals surface area contributed by atoms with Gasteiger partial charge in [0.1, 0.15) is 12.2 Å². The molecule has 1 aliphatic carbocycles. The first kappa shape index (κ1) is 17.5. The summed E-state index contributed by atoms with van der Waals surface area (Å²) in [5.41, 5.74) is 1.00. The SMILES string of the molecule is CC1CCN(C(=O)CC#N)CC1n1ccc2cnc(NC(=O)C3CC3)cc21. The van der Waals surface area contributed by atoms with Crippen molar-refractivity contribution in [2.24, 2.45) is 11.8 Å². The molecular formula is C20H23N5O2. The number of rotatable bonds is 4. The highest BCUT2D eigenvalue weighted by Gasteiger charge is 2.31. The third-order valence-corrected chi connectivity index (χ3v) is 5.66. The van der Waals surface area contributed by atoms with Crippen molar-refractivity contribution in [3.8, 4) is 6.07 Å². The van der Waals surface area contributed by atoms with Gasteiger partial charge < -0.3 is 14.8 Å². The maximum atomic E-state index is 12.2. The van der Waals surface area contributed by atoms with Crippen LogP contribution in [0.5, 0.6) is 0 Å². The number of nitrogens with zero attached hydrogens (tertiary/aromatic N) is 4. The van der Waals surface area contributed by atoms with E-state index in [0.29, 0.717) is 24.8 Å². The van der Waals surface area contributed by atoms with Gasteiger partial charge in [0.15, 0.2) is 0 Å². The third-order valence-electron chi connectivity index (χ3n) is 5.66. The highest BCUT2D eigenvalue weighted by atomic mass is 16.2. The van der Waals surface area contributed by atoms with Crippen LogP contribution in [-0.4, -0.2) is 39.4 Å². The number of amides is 2. The quantitative estimate of drug-likeness (QED) is 0.902. The van der Waals surface area contributed by atoms with Gasteiger partial charge in [-0.1, -0.05) is 6.92 Å². The van der Waals surface area contributed by atoms with Gasteiger partial charge in [-0.3, -0.25) is 9.59 Å². The van der Waals surface area contributed by atoms with E-state index in [4.69, 9.17) is 5.26 Å². The van der Waals surface area contributed by atoms with Crippen LogP contribution in [0.1, 0.15) is 38.6 Å². The molecule has 2 aromatic heterocycles. The average molecular weight is 365 g/mol. The highest BCUT2D eigenvalue weighted by molar-refractivity contribution is 5.95. The van der Waals surface area contributed by atoms with Crippen LogP contribution in [0.3, 0.4) is 0 Å². The maximum absolute atomic E-state index is 12.2. The van der Waals surface area contributed by atoms with E-state index in [0.717, 1.165) is 30.2 Å². The number of anilines is 1. The molecule has 0 spiro atoms. The van der Waals surface area contributed by atoms with E-state index in [1.165, 1.54) is 0 Å². The maximum Gasteiger partial charge on any atom is 0.236 e. The van der Waals surface area contributed by atoms with Crippen LogP contribution in [0.4, 0.5) is 5.82 Å². The Morgan fingerprint density at radius 3 is 2.93 bits per heavy atom. The number of likely N-dealkylation sites (tertiary alicyclic amines) is 1. The van der Waals surface area contributed by atoms with E-state index in [9.17, 15) is 9.59 Å². The van der Waals surface area contributed by atoms with Crippen LogP contribution in [0, 0.1) is 23.2 Å². The molecule has 1 N–H and O–H groups in total. The number of nitriles is 1. The lowest BCUT2D eigenvalue weighted by Gasteiger charge is -2.38. The number of hydrogen-bond acceptors (Lipinski definition) is 4. The molecule has 0 radical (unpaired) electrons. The minimum absolute atomic E-state index is 0.0410. The first-order valence-electron chi connectivity index (χ1n) is 9.49. The molecule has 4 rings (SSSR count). The van der Waals surface area contributed by atoms with Gasteiger partial charge in [0.05, 0.1) is 17.6 Å². The fourth-order valence-electron chi connectivity index (χ4n) is 3.80. The molecule has 3 heterocycles. The van der Waals surface area contributed by atoms with Crippen molar-refractivity contribution >= 4 is 28.5 Å². The summed E-state index contributed by atoms with van der Waals surface area (Å²) < 4.78 is 2.18. The van der Waals surface area contributed by atoms with Gasteiger partial charge in [-0.25, -0.2) is 4.98 Å². The molecule has 1 saturated heterocycles. The summed E-state index contributed by atoms with van der Waals surface area (Å²) >= 11 is 0. The molecule has 7 heteroatoms. The van der Waals surface area contributed by atoms with Gasteiger partial charge in [-0.05, 0) is 31.2 Å². The lowest BCUT2D eigenvalue weighted by molar-refractivity contribution is -0.132. The zero-order valence-electron chi connectivity index (χ0n) is 15.4. The number of nitrogens with one attached hydrogen (secondary N) is 1. The zero-order chi connectivity index (χ0) is 19.0. The number of piperidine rings is 1. The largest absolute Gasteiger partial charge is 0.342 e. The van der Waals surface area contributed by atoms with Crippen molar-refractivity contribution in [3.63, 3.8) is 0 Å². The van der Waals surface area contributed by atoms with E-state index >= 15 is 0 Å². The van der Waals surface area contributed by atoms with E-state index < -0.39 is 0 Å². The number of carbonyl (C=O) groups excluding carboxylic acids is 2. The van der Waals surface area contributed by atoms with Crippen LogP contribution in [0.2, 0.25) is 0 Å². The van der Waals surface area contributed by atoms with Crippen molar-refractivity contribution in [1.29, 1.82) is 5.26 Å². The molecule has 2 fully saturated rings. The van der Waals surface area contributed by atoms with Gasteiger partial charge in [0.25, 0.3) is 0 Å². The lowest BCUT2D eigenvalue weighted by Crippen LogP contribution is -2.43. The van der Waals surface area contributed by atoms with E-state index in [2.05, 4.69) is 21.8 Å². The minimum Gasteiger partial charge on any atom is -0.342 e. The molecule has 2 atom stereocenters. The predicted octanol–water partition coefficient (Wildman–Crippen LogP) is 2.71.